The zero-order chi connectivity index (χ0) is 15.3. The molecule has 1 fully saturated rings. The Morgan fingerprint density at radius 1 is 1.05 bits per heavy atom. The van der Waals surface area contributed by atoms with E-state index in [1.165, 1.54) is 30.5 Å². The smallest absolute Gasteiger partial charge is 0.146 e. The Kier molecular flexibility index (Phi) is 3.42. The molecule has 1 aliphatic rings. The Hall–Kier alpha value is -1.58. The van der Waals surface area contributed by atoms with Gasteiger partial charge < -0.3 is 10.3 Å². The van der Waals surface area contributed by atoms with Gasteiger partial charge in [-0.2, -0.15) is 0 Å². The molecule has 3 rings (SSSR count). The van der Waals surface area contributed by atoms with Crippen LogP contribution >= 0.6 is 0 Å². The van der Waals surface area contributed by atoms with E-state index in [0.29, 0.717) is 11.9 Å². The van der Waals surface area contributed by atoms with E-state index in [2.05, 4.69) is 37.2 Å². The molecule has 21 heavy (non-hydrogen) atoms. The highest BCUT2D eigenvalue weighted by atomic mass is 15.1. The van der Waals surface area contributed by atoms with E-state index in [1.54, 1.807) is 0 Å². The van der Waals surface area contributed by atoms with Crippen LogP contribution < -0.4 is 5.73 Å². The number of aryl methyl sites for hydroxylation is 2. The van der Waals surface area contributed by atoms with Crippen molar-refractivity contribution in [3.63, 3.8) is 0 Å². The molecule has 4 heteroatoms. The Balaban J connectivity index is 2.16. The van der Waals surface area contributed by atoms with Crippen LogP contribution in [0.25, 0.3) is 11.0 Å². The van der Waals surface area contributed by atoms with Crippen molar-refractivity contribution in [3.8, 4) is 0 Å². The molecule has 1 aliphatic carbocycles. The molecule has 1 saturated carbocycles. The Morgan fingerprint density at radius 2 is 1.76 bits per heavy atom. The van der Waals surface area contributed by atoms with E-state index in [9.17, 15) is 0 Å². The molecular formula is C17H26N4. The third-order valence-electron chi connectivity index (χ3n) is 5.47. The predicted molar refractivity (Wildman–Crippen MR) is 87.4 cm³/mol. The number of aromatic nitrogens is 3. The van der Waals surface area contributed by atoms with Gasteiger partial charge in [0.05, 0.1) is 5.39 Å². The molecule has 0 radical (unpaired) electrons. The van der Waals surface area contributed by atoms with Crippen molar-refractivity contribution in [2.75, 3.05) is 5.73 Å². The molecule has 2 aromatic heterocycles. The molecule has 4 nitrogen and oxygen atoms in total. The molecule has 2 heterocycles. The number of hydrogen-bond donors (Lipinski definition) is 1. The molecule has 0 bridgehead atoms. The maximum absolute atomic E-state index is 6.15. The number of nitrogens with zero attached hydrogens (tertiary/aromatic N) is 3. The SMILES string of the molecule is Cc1nc(N)c2c(C)c(C)n(C3CCC(C)C(C)C3)c2n1. The second-order valence-corrected chi connectivity index (χ2v) is 6.86. The fourth-order valence-corrected chi connectivity index (χ4v) is 3.83. The highest BCUT2D eigenvalue weighted by Crippen LogP contribution is 2.40. The van der Waals surface area contributed by atoms with Gasteiger partial charge in [-0.3, -0.25) is 0 Å². The number of anilines is 1. The van der Waals surface area contributed by atoms with E-state index in [-0.39, 0.29) is 0 Å². The highest BCUT2D eigenvalue weighted by molar-refractivity contribution is 5.91. The molecule has 3 atom stereocenters. The number of nitrogen functional groups attached to an aromatic ring is 1. The molecule has 0 saturated heterocycles. The molecule has 0 spiro atoms. The Morgan fingerprint density at radius 3 is 2.43 bits per heavy atom. The third-order valence-corrected chi connectivity index (χ3v) is 5.47. The number of hydrogen-bond acceptors (Lipinski definition) is 3. The number of rotatable bonds is 1. The lowest BCUT2D eigenvalue weighted by molar-refractivity contribution is 0.212. The molecule has 2 aromatic rings. The standard InChI is InChI=1S/C17H26N4/c1-9-6-7-14(8-10(9)2)21-12(4)11(3)15-16(18)19-13(5)20-17(15)21/h9-10,14H,6-8H2,1-5H3,(H2,18,19,20). The Labute approximate surface area is 126 Å². The fraction of sp³-hybridized carbons (Fsp3) is 0.647. The fourth-order valence-electron chi connectivity index (χ4n) is 3.83. The molecule has 3 unspecified atom stereocenters. The van der Waals surface area contributed by atoms with Crippen molar-refractivity contribution in [1.82, 2.24) is 14.5 Å². The highest BCUT2D eigenvalue weighted by Gasteiger charge is 2.29. The summed E-state index contributed by atoms with van der Waals surface area (Å²) < 4.78 is 2.43. The van der Waals surface area contributed by atoms with Crippen molar-refractivity contribution < 1.29 is 0 Å². The summed E-state index contributed by atoms with van der Waals surface area (Å²) in [6, 6.07) is 0.543. The van der Waals surface area contributed by atoms with Crippen molar-refractivity contribution in [3.05, 3.63) is 17.1 Å². The van der Waals surface area contributed by atoms with Crippen molar-refractivity contribution in [2.24, 2.45) is 11.8 Å². The van der Waals surface area contributed by atoms with Crippen LogP contribution in [0.3, 0.4) is 0 Å². The largest absolute Gasteiger partial charge is 0.383 e. The summed E-state index contributed by atoms with van der Waals surface area (Å²) in [5.74, 6) is 2.97. The lowest BCUT2D eigenvalue weighted by Gasteiger charge is -2.34. The van der Waals surface area contributed by atoms with E-state index in [0.717, 1.165) is 28.7 Å². The molecule has 0 amide bonds. The first kappa shape index (κ1) is 14.4. The monoisotopic (exact) mass is 286 g/mol. The van der Waals surface area contributed by atoms with Crippen LogP contribution in [0.15, 0.2) is 0 Å². The average Bonchev–Trinajstić information content (AvgIpc) is 2.65. The van der Waals surface area contributed by atoms with Gasteiger partial charge in [0.1, 0.15) is 17.3 Å². The van der Waals surface area contributed by atoms with Crippen LogP contribution in [0.5, 0.6) is 0 Å². The van der Waals surface area contributed by atoms with Crippen LogP contribution in [0.4, 0.5) is 5.82 Å². The van der Waals surface area contributed by atoms with Gasteiger partial charge in [0, 0.05) is 11.7 Å². The minimum Gasteiger partial charge on any atom is -0.383 e. The maximum Gasteiger partial charge on any atom is 0.146 e. The zero-order valence-electron chi connectivity index (χ0n) is 13.8. The van der Waals surface area contributed by atoms with Crippen molar-refractivity contribution >= 4 is 16.9 Å². The molecular weight excluding hydrogens is 260 g/mol. The van der Waals surface area contributed by atoms with Crippen LogP contribution in [-0.2, 0) is 0 Å². The summed E-state index contributed by atoms with van der Waals surface area (Å²) in [4.78, 5) is 9.05. The van der Waals surface area contributed by atoms with Gasteiger partial charge in [-0.15, -0.1) is 0 Å². The van der Waals surface area contributed by atoms with Gasteiger partial charge in [0.2, 0.25) is 0 Å². The maximum atomic E-state index is 6.15. The summed E-state index contributed by atoms with van der Waals surface area (Å²) in [5, 5.41) is 1.05. The summed E-state index contributed by atoms with van der Waals surface area (Å²) in [6.45, 7) is 11.0. The lowest BCUT2D eigenvalue weighted by atomic mass is 9.79. The van der Waals surface area contributed by atoms with Gasteiger partial charge in [0.15, 0.2) is 0 Å². The van der Waals surface area contributed by atoms with Crippen LogP contribution in [0.1, 0.15) is 56.2 Å². The van der Waals surface area contributed by atoms with Gasteiger partial charge in [0.25, 0.3) is 0 Å². The van der Waals surface area contributed by atoms with Crippen LogP contribution in [0, 0.1) is 32.6 Å². The number of nitrogens with two attached hydrogens (primary N) is 1. The second kappa shape index (κ2) is 5.00. The topological polar surface area (TPSA) is 56.7 Å². The molecule has 114 valence electrons. The van der Waals surface area contributed by atoms with Crippen LogP contribution in [0.2, 0.25) is 0 Å². The first-order chi connectivity index (χ1) is 9.90. The quantitative estimate of drug-likeness (QED) is 0.864. The summed E-state index contributed by atoms with van der Waals surface area (Å²) in [6.07, 6.45) is 3.76. The van der Waals surface area contributed by atoms with Crippen LogP contribution in [-0.4, -0.2) is 14.5 Å². The minimum atomic E-state index is 0.543. The minimum absolute atomic E-state index is 0.543. The van der Waals surface area contributed by atoms with E-state index < -0.39 is 0 Å². The first-order valence-electron chi connectivity index (χ1n) is 8.01. The molecule has 0 aromatic carbocycles. The Bertz CT molecular complexity index is 686. The molecule has 2 N–H and O–H groups in total. The van der Waals surface area contributed by atoms with Crippen molar-refractivity contribution in [1.29, 1.82) is 0 Å². The van der Waals surface area contributed by atoms with Gasteiger partial charge in [-0.25, -0.2) is 9.97 Å². The number of fused-ring (bicyclic) bond motifs is 1. The summed E-state index contributed by atoms with van der Waals surface area (Å²) in [7, 11) is 0. The first-order valence-corrected chi connectivity index (χ1v) is 8.01. The summed E-state index contributed by atoms with van der Waals surface area (Å²) >= 11 is 0. The van der Waals surface area contributed by atoms with Gasteiger partial charge >= 0.3 is 0 Å². The van der Waals surface area contributed by atoms with Gasteiger partial charge in [-0.1, -0.05) is 13.8 Å². The third kappa shape index (κ3) is 2.21. The lowest BCUT2D eigenvalue weighted by Crippen LogP contribution is -2.24. The van der Waals surface area contributed by atoms with Crippen molar-refractivity contribution in [2.45, 2.75) is 59.9 Å². The second-order valence-electron chi connectivity index (χ2n) is 6.86. The predicted octanol–water partition coefficient (Wildman–Crippen LogP) is 3.94. The van der Waals surface area contributed by atoms with Gasteiger partial charge in [-0.05, 0) is 57.4 Å². The zero-order valence-corrected chi connectivity index (χ0v) is 13.8. The normalized spacial score (nSPS) is 26.4. The van der Waals surface area contributed by atoms with E-state index >= 15 is 0 Å². The van der Waals surface area contributed by atoms with E-state index in [1.807, 2.05) is 6.92 Å². The molecule has 0 aliphatic heterocycles. The summed E-state index contributed by atoms with van der Waals surface area (Å²) in [5.41, 5.74) is 9.71. The van der Waals surface area contributed by atoms with E-state index in [4.69, 9.17) is 10.7 Å². The average molecular weight is 286 g/mol.